The molecule has 3 heterocycles. The fourth-order valence-electron chi connectivity index (χ4n) is 4.08. The fourth-order valence-corrected chi connectivity index (χ4v) is 5.80. The zero-order chi connectivity index (χ0) is 24.0. The van der Waals surface area contributed by atoms with Crippen molar-refractivity contribution in [3.8, 4) is 21.7 Å². The second-order valence-electron chi connectivity index (χ2n) is 8.82. The van der Waals surface area contributed by atoms with Crippen LogP contribution in [0.3, 0.4) is 0 Å². The summed E-state index contributed by atoms with van der Waals surface area (Å²) in [5.41, 5.74) is 2.87. The van der Waals surface area contributed by atoms with Crippen molar-refractivity contribution in [1.29, 1.82) is 0 Å². The van der Waals surface area contributed by atoms with Gasteiger partial charge in [-0.15, -0.1) is 11.3 Å². The number of nitrogens with one attached hydrogen (secondary N) is 2. The lowest BCUT2D eigenvalue weighted by Crippen LogP contribution is -2.33. The first-order chi connectivity index (χ1) is 16.2. The van der Waals surface area contributed by atoms with Gasteiger partial charge in [0.1, 0.15) is 16.3 Å². The van der Waals surface area contributed by atoms with E-state index in [1.54, 1.807) is 23.4 Å². The van der Waals surface area contributed by atoms with Crippen molar-refractivity contribution in [1.82, 2.24) is 19.9 Å². The molecule has 3 N–H and O–H groups in total. The quantitative estimate of drug-likeness (QED) is 0.313. The van der Waals surface area contributed by atoms with Gasteiger partial charge in [0.2, 0.25) is 5.91 Å². The van der Waals surface area contributed by atoms with E-state index in [0.29, 0.717) is 21.4 Å². The molecule has 10 heteroatoms. The lowest BCUT2D eigenvalue weighted by atomic mass is 9.81. The number of carbonyl (C=O) groups excluding carboxylic acids is 1. The highest BCUT2D eigenvalue weighted by atomic mass is 35.5. The predicted molar refractivity (Wildman–Crippen MR) is 138 cm³/mol. The second-order valence-corrected chi connectivity index (χ2v) is 10.7. The second kappa shape index (κ2) is 8.94. The molecule has 0 spiro atoms. The minimum Gasteiger partial charge on any atom is -0.383 e. The molecule has 0 saturated heterocycles. The Morgan fingerprint density at radius 2 is 2.00 bits per heavy atom. The number of anilines is 1. The number of nitrogens with zero attached hydrogens (tertiary/aromatic N) is 3. The smallest absolute Gasteiger partial charge is 0.238 e. The van der Waals surface area contributed by atoms with Gasteiger partial charge in [0.05, 0.1) is 21.5 Å². The van der Waals surface area contributed by atoms with Crippen molar-refractivity contribution < 1.29 is 9.90 Å². The number of benzene rings is 1. The van der Waals surface area contributed by atoms with E-state index >= 15 is 0 Å². The number of aromatic amines is 1. The highest BCUT2D eigenvalue weighted by Gasteiger charge is 2.39. The van der Waals surface area contributed by atoms with Crippen LogP contribution in [0.25, 0.3) is 32.7 Å². The molecule has 1 aromatic carbocycles. The van der Waals surface area contributed by atoms with Crippen molar-refractivity contribution in [2.45, 2.75) is 24.9 Å². The van der Waals surface area contributed by atoms with E-state index in [0.717, 1.165) is 51.4 Å². The summed E-state index contributed by atoms with van der Waals surface area (Å²) in [5.74, 6) is -0.113. The Morgan fingerprint density at radius 3 is 2.68 bits per heavy atom. The summed E-state index contributed by atoms with van der Waals surface area (Å²) in [6.07, 6.45) is 5.85. The minimum absolute atomic E-state index is 0.113. The van der Waals surface area contributed by atoms with E-state index in [-0.39, 0.29) is 12.5 Å². The molecule has 4 aromatic rings. The Bertz CT molecular complexity index is 1390. The van der Waals surface area contributed by atoms with Gasteiger partial charge in [-0.3, -0.25) is 4.79 Å². The Kier molecular flexibility index (Phi) is 6.12. The molecule has 0 atom stereocenters. The van der Waals surface area contributed by atoms with E-state index in [1.807, 2.05) is 32.3 Å². The maximum atomic E-state index is 12.1. The molecule has 176 valence electrons. The largest absolute Gasteiger partial charge is 0.383 e. The number of amides is 1. The molecular weight excluding hydrogens is 493 g/mol. The maximum absolute atomic E-state index is 12.1. The van der Waals surface area contributed by atoms with Gasteiger partial charge in [-0.1, -0.05) is 23.2 Å². The van der Waals surface area contributed by atoms with E-state index in [2.05, 4.69) is 20.3 Å². The number of pyridine rings is 1. The van der Waals surface area contributed by atoms with E-state index in [4.69, 9.17) is 23.2 Å². The molecule has 0 aliphatic heterocycles. The van der Waals surface area contributed by atoms with Crippen LogP contribution in [0.5, 0.6) is 0 Å². The molecule has 0 bridgehead atoms. The van der Waals surface area contributed by atoms with Gasteiger partial charge in [0, 0.05) is 40.3 Å². The Balaban J connectivity index is 1.49. The van der Waals surface area contributed by atoms with Crippen molar-refractivity contribution in [3.63, 3.8) is 0 Å². The van der Waals surface area contributed by atoms with Crippen LogP contribution in [0.2, 0.25) is 10.0 Å². The van der Waals surface area contributed by atoms with Gasteiger partial charge >= 0.3 is 0 Å². The molecule has 5 rings (SSSR count). The van der Waals surface area contributed by atoms with E-state index in [1.165, 1.54) is 11.3 Å². The third-order valence-corrected chi connectivity index (χ3v) is 7.75. The zero-order valence-electron chi connectivity index (χ0n) is 18.7. The molecule has 1 fully saturated rings. The summed E-state index contributed by atoms with van der Waals surface area (Å²) < 4.78 is 0. The number of aliphatic hydroxyl groups is 1. The summed E-state index contributed by atoms with van der Waals surface area (Å²) in [6, 6.07) is 7.37. The van der Waals surface area contributed by atoms with Crippen LogP contribution in [0.4, 0.5) is 5.69 Å². The summed E-state index contributed by atoms with van der Waals surface area (Å²) in [7, 11) is 3.67. The number of hydrogen-bond donors (Lipinski definition) is 3. The Morgan fingerprint density at radius 1 is 1.21 bits per heavy atom. The first-order valence-corrected chi connectivity index (χ1v) is 12.4. The minimum atomic E-state index is -0.817. The molecule has 34 heavy (non-hydrogen) atoms. The fraction of sp³-hybridized carbons (Fsp3) is 0.292. The molecule has 1 aliphatic carbocycles. The predicted octanol–water partition coefficient (Wildman–Crippen LogP) is 5.53. The van der Waals surface area contributed by atoms with Gasteiger partial charge in [-0.2, -0.15) is 0 Å². The topological polar surface area (TPSA) is 94.1 Å². The number of likely N-dealkylation sites (N-methyl/N-ethyl adjacent to an activating group) is 1. The zero-order valence-corrected chi connectivity index (χ0v) is 21.0. The van der Waals surface area contributed by atoms with Gasteiger partial charge in [0.25, 0.3) is 0 Å². The van der Waals surface area contributed by atoms with Gasteiger partial charge < -0.3 is 20.3 Å². The number of thiazole rings is 1. The molecular formula is C24H23Cl2N5O2S. The summed E-state index contributed by atoms with van der Waals surface area (Å²) in [5, 5.41) is 16.1. The van der Waals surface area contributed by atoms with Crippen molar-refractivity contribution >= 4 is 57.2 Å². The summed E-state index contributed by atoms with van der Waals surface area (Å²) in [6.45, 7) is 0.285. The van der Waals surface area contributed by atoms with Crippen LogP contribution in [-0.2, 0) is 10.4 Å². The van der Waals surface area contributed by atoms with Gasteiger partial charge in [-0.05, 0) is 57.6 Å². The van der Waals surface area contributed by atoms with Crippen molar-refractivity contribution in [3.05, 3.63) is 51.7 Å². The summed E-state index contributed by atoms with van der Waals surface area (Å²) >= 11 is 14.6. The first-order valence-electron chi connectivity index (χ1n) is 10.8. The average Bonchev–Trinajstić information content (AvgIpc) is 3.39. The van der Waals surface area contributed by atoms with Crippen LogP contribution in [0.1, 0.15) is 24.3 Å². The third-order valence-electron chi connectivity index (χ3n) is 5.95. The number of hydrogen-bond acceptors (Lipinski definition) is 6. The van der Waals surface area contributed by atoms with Crippen molar-refractivity contribution in [2.75, 3.05) is 26.0 Å². The van der Waals surface area contributed by atoms with Gasteiger partial charge in [-0.25, -0.2) is 9.97 Å². The Labute approximate surface area is 210 Å². The molecule has 1 saturated carbocycles. The maximum Gasteiger partial charge on any atom is 0.238 e. The van der Waals surface area contributed by atoms with Crippen molar-refractivity contribution in [2.24, 2.45) is 0 Å². The third kappa shape index (κ3) is 4.32. The number of halogens is 2. The molecule has 1 aliphatic rings. The lowest BCUT2D eigenvalue weighted by molar-refractivity contribution is -0.116. The highest BCUT2D eigenvalue weighted by molar-refractivity contribution is 7.15. The first kappa shape index (κ1) is 23.3. The summed E-state index contributed by atoms with van der Waals surface area (Å²) in [4.78, 5) is 27.0. The SMILES string of the molecule is CN(C)CC(=O)Nc1ccc(-c2cc3c(-c4cnc(C5(O)CCC5)s4)c(Cl)cnc3[nH]2)c(Cl)c1. The molecule has 7 nitrogen and oxygen atoms in total. The van der Waals surface area contributed by atoms with Gasteiger partial charge in [0.15, 0.2) is 0 Å². The van der Waals surface area contributed by atoms with Crippen LogP contribution < -0.4 is 5.32 Å². The van der Waals surface area contributed by atoms with Crippen LogP contribution in [0, 0.1) is 0 Å². The standard InChI is InChI=1S/C24H23Cl2N5O2S/c1-31(2)12-20(32)29-13-4-5-14(16(25)8-13)18-9-15-21(17(26)10-27-22(15)30-18)19-11-28-23(34-19)24(33)6-3-7-24/h4-5,8-11,33H,3,6-7,12H2,1-2H3,(H,27,30)(H,29,32). The number of H-pyrrole nitrogens is 1. The number of carbonyl (C=O) groups is 1. The monoisotopic (exact) mass is 515 g/mol. The molecule has 1 amide bonds. The van der Waals surface area contributed by atoms with E-state index in [9.17, 15) is 9.90 Å². The molecule has 3 aromatic heterocycles. The molecule has 0 radical (unpaired) electrons. The highest BCUT2D eigenvalue weighted by Crippen LogP contribution is 2.46. The van der Waals surface area contributed by atoms with Crippen LogP contribution in [0.15, 0.2) is 36.7 Å². The lowest BCUT2D eigenvalue weighted by Gasteiger charge is -2.34. The number of rotatable bonds is 6. The normalized spacial score (nSPS) is 15.0. The number of aromatic nitrogens is 3. The van der Waals surface area contributed by atoms with Crippen LogP contribution >= 0.6 is 34.5 Å². The average molecular weight is 516 g/mol. The molecule has 0 unspecified atom stereocenters. The van der Waals surface area contributed by atoms with Crippen LogP contribution in [-0.4, -0.2) is 51.5 Å². The van der Waals surface area contributed by atoms with E-state index < -0.39 is 5.60 Å². The number of fused-ring (bicyclic) bond motifs is 1. The Hall–Kier alpha value is -2.49.